The van der Waals surface area contributed by atoms with Crippen molar-refractivity contribution in [2.24, 2.45) is 0 Å². The van der Waals surface area contributed by atoms with E-state index < -0.39 is 0 Å². The van der Waals surface area contributed by atoms with E-state index in [9.17, 15) is 0 Å². The van der Waals surface area contributed by atoms with Crippen molar-refractivity contribution in [1.82, 2.24) is 15.0 Å². The van der Waals surface area contributed by atoms with Crippen LogP contribution in [0, 0.1) is 6.92 Å². The van der Waals surface area contributed by atoms with Crippen LogP contribution in [-0.2, 0) is 0 Å². The first-order valence-electron chi connectivity index (χ1n) is 6.57. The van der Waals surface area contributed by atoms with Crippen molar-refractivity contribution in [2.75, 3.05) is 0 Å². The fourth-order valence-electron chi connectivity index (χ4n) is 2.13. The summed E-state index contributed by atoms with van der Waals surface area (Å²) in [6.07, 6.45) is 7.04. The minimum atomic E-state index is 0.702. The summed E-state index contributed by atoms with van der Waals surface area (Å²) >= 11 is 0. The zero-order valence-corrected chi connectivity index (χ0v) is 11.4. The monoisotopic (exact) mass is 261 g/mol. The van der Waals surface area contributed by atoms with Gasteiger partial charge in [-0.1, -0.05) is 54.6 Å². The lowest BCUT2D eigenvalue weighted by Crippen LogP contribution is -2.02. The van der Waals surface area contributed by atoms with Gasteiger partial charge in [-0.25, -0.2) is 15.0 Å². The molecule has 1 aliphatic carbocycles. The lowest BCUT2D eigenvalue weighted by molar-refractivity contribution is 0.961. The molecule has 0 atom stereocenters. The van der Waals surface area contributed by atoms with E-state index in [2.05, 4.69) is 27.6 Å². The van der Waals surface area contributed by atoms with Gasteiger partial charge in [0.05, 0.1) is 0 Å². The molecule has 0 saturated heterocycles. The molecule has 1 aromatic carbocycles. The molecular weight excluding hydrogens is 246 g/mol. The molecule has 3 nitrogen and oxygen atoms in total. The van der Waals surface area contributed by atoms with Gasteiger partial charge in [0.15, 0.2) is 11.6 Å². The third-order valence-electron chi connectivity index (χ3n) is 3.07. The Labute approximate surface area is 118 Å². The summed E-state index contributed by atoms with van der Waals surface area (Å²) in [4.78, 5) is 13.4. The average molecular weight is 261 g/mol. The molecule has 2 aromatic rings. The Bertz CT molecular complexity index is 712. The number of aryl methyl sites for hydroxylation is 1. The van der Waals surface area contributed by atoms with Crippen LogP contribution in [0.15, 0.2) is 60.7 Å². The van der Waals surface area contributed by atoms with Crippen LogP contribution in [0.5, 0.6) is 0 Å². The second kappa shape index (κ2) is 5.21. The van der Waals surface area contributed by atoms with Crippen LogP contribution in [-0.4, -0.2) is 15.0 Å². The fourth-order valence-corrected chi connectivity index (χ4v) is 2.13. The van der Waals surface area contributed by atoms with Crippen LogP contribution >= 0.6 is 0 Å². The highest BCUT2D eigenvalue weighted by Crippen LogP contribution is 2.23. The summed E-state index contributed by atoms with van der Waals surface area (Å²) in [5.74, 6) is 2.13. The van der Waals surface area contributed by atoms with Gasteiger partial charge in [-0.3, -0.25) is 0 Å². The van der Waals surface area contributed by atoms with Crippen LogP contribution in [0.1, 0.15) is 18.1 Å². The molecule has 0 fully saturated rings. The topological polar surface area (TPSA) is 38.7 Å². The van der Waals surface area contributed by atoms with Crippen LogP contribution in [0.3, 0.4) is 0 Å². The first kappa shape index (κ1) is 12.5. The van der Waals surface area contributed by atoms with Gasteiger partial charge in [0.2, 0.25) is 0 Å². The number of benzene rings is 1. The highest BCUT2D eigenvalue weighted by molar-refractivity contribution is 5.74. The molecule has 0 unspecified atom stereocenters. The number of hydrogen-bond acceptors (Lipinski definition) is 3. The SMILES string of the molecule is C=C1C=C(c2nc(C)nc(-c3ccccc3)n2)C=CC1. The summed E-state index contributed by atoms with van der Waals surface area (Å²) in [6, 6.07) is 9.95. The zero-order valence-electron chi connectivity index (χ0n) is 11.4. The van der Waals surface area contributed by atoms with E-state index in [1.165, 1.54) is 0 Å². The van der Waals surface area contributed by atoms with E-state index in [4.69, 9.17) is 0 Å². The highest BCUT2D eigenvalue weighted by atomic mass is 15.0. The molecule has 20 heavy (non-hydrogen) atoms. The summed E-state index contributed by atoms with van der Waals surface area (Å²) in [6.45, 7) is 5.88. The molecule has 98 valence electrons. The molecule has 0 N–H and O–H groups in total. The second-order valence-corrected chi connectivity index (χ2v) is 4.76. The van der Waals surface area contributed by atoms with Gasteiger partial charge in [0.25, 0.3) is 0 Å². The van der Waals surface area contributed by atoms with E-state index in [1.54, 1.807) is 0 Å². The smallest absolute Gasteiger partial charge is 0.163 e. The predicted octanol–water partition coefficient (Wildman–Crippen LogP) is 3.75. The number of nitrogens with zero attached hydrogens (tertiary/aromatic N) is 3. The largest absolute Gasteiger partial charge is 0.213 e. The molecule has 0 spiro atoms. The molecule has 1 aliphatic rings. The van der Waals surface area contributed by atoms with Gasteiger partial charge >= 0.3 is 0 Å². The summed E-state index contributed by atoms with van der Waals surface area (Å²) in [5.41, 5.74) is 3.06. The lowest BCUT2D eigenvalue weighted by atomic mass is 10.0. The van der Waals surface area contributed by atoms with Crippen molar-refractivity contribution in [3.8, 4) is 11.4 Å². The molecule has 3 heteroatoms. The molecular formula is C17H15N3. The van der Waals surface area contributed by atoms with Crippen molar-refractivity contribution >= 4 is 5.57 Å². The van der Waals surface area contributed by atoms with Gasteiger partial charge in [0, 0.05) is 11.1 Å². The van der Waals surface area contributed by atoms with E-state index in [0.717, 1.165) is 29.0 Å². The molecule has 0 bridgehead atoms. The molecule has 1 heterocycles. The third-order valence-corrected chi connectivity index (χ3v) is 3.07. The summed E-state index contributed by atoms with van der Waals surface area (Å²) in [7, 11) is 0. The van der Waals surface area contributed by atoms with Gasteiger partial charge in [0.1, 0.15) is 5.82 Å². The van der Waals surface area contributed by atoms with Crippen LogP contribution in [0.4, 0.5) is 0 Å². The maximum atomic E-state index is 4.58. The second-order valence-electron chi connectivity index (χ2n) is 4.76. The van der Waals surface area contributed by atoms with E-state index in [1.807, 2.05) is 49.4 Å². The molecule has 0 radical (unpaired) electrons. The predicted molar refractivity (Wildman–Crippen MR) is 80.9 cm³/mol. The van der Waals surface area contributed by atoms with E-state index >= 15 is 0 Å². The van der Waals surface area contributed by atoms with E-state index in [0.29, 0.717) is 11.6 Å². The van der Waals surface area contributed by atoms with Crippen molar-refractivity contribution in [3.05, 3.63) is 72.4 Å². The van der Waals surface area contributed by atoms with Gasteiger partial charge < -0.3 is 0 Å². The number of aromatic nitrogens is 3. The Morgan fingerprint density at radius 3 is 2.50 bits per heavy atom. The van der Waals surface area contributed by atoms with Gasteiger partial charge in [-0.2, -0.15) is 0 Å². The maximum absolute atomic E-state index is 4.58. The van der Waals surface area contributed by atoms with Crippen molar-refractivity contribution < 1.29 is 0 Å². The third kappa shape index (κ3) is 2.57. The average Bonchev–Trinajstić information content (AvgIpc) is 2.47. The fraction of sp³-hybridized carbons (Fsp3) is 0.118. The summed E-state index contributed by atoms with van der Waals surface area (Å²) in [5, 5.41) is 0. The Morgan fingerprint density at radius 2 is 1.75 bits per heavy atom. The van der Waals surface area contributed by atoms with Gasteiger partial charge in [-0.05, 0) is 19.4 Å². The molecule has 0 saturated carbocycles. The molecule has 0 aliphatic heterocycles. The Kier molecular flexibility index (Phi) is 3.25. The van der Waals surface area contributed by atoms with Crippen molar-refractivity contribution in [3.63, 3.8) is 0 Å². The Hall–Kier alpha value is -2.55. The number of allylic oxidation sites excluding steroid dienone is 5. The Balaban J connectivity index is 2.08. The number of hydrogen-bond donors (Lipinski definition) is 0. The van der Waals surface area contributed by atoms with Crippen molar-refractivity contribution in [1.29, 1.82) is 0 Å². The van der Waals surface area contributed by atoms with Gasteiger partial charge in [-0.15, -0.1) is 0 Å². The Morgan fingerprint density at radius 1 is 1.00 bits per heavy atom. The normalized spacial score (nSPS) is 14.2. The quantitative estimate of drug-likeness (QED) is 0.826. The molecule has 1 aromatic heterocycles. The first-order chi connectivity index (χ1) is 9.72. The maximum Gasteiger partial charge on any atom is 0.163 e. The highest BCUT2D eigenvalue weighted by Gasteiger charge is 2.10. The standard InChI is InChI=1S/C17H15N3/c1-12-7-6-10-15(11-12)17-19-13(2)18-16(20-17)14-8-4-3-5-9-14/h3-6,8-11H,1,7H2,2H3. The minimum Gasteiger partial charge on any atom is -0.213 e. The van der Waals surface area contributed by atoms with Crippen LogP contribution in [0.25, 0.3) is 17.0 Å². The lowest BCUT2D eigenvalue weighted by Gasteiger charge is -2.09. The first-order valence-corrected chi connectivity index (χ1v) is 6.57. The zero-order chi connectivity index (χ0) is 13.9. The molecule has 0 amide bonds. The van der Waals surface area contributed by atoms with E-state index in [-0.39, 0.29) is 0 Å². The van der Waals surface area contributed by atoms with Crippen LogP contribution < -0.4 is 0 Å². The van der Waals surface area contributed by atoms with Crippen molar-refractivity contribution in [2.45, 2.75) is 13.3 Å². The summed E-state index contributed by atoms with van der Waals surface area (Å²) < 4.78 is 0. The number of rotatable bonds is 2. The van der Waals surface area contributed by atoms with Crippen LogP contribution in [0.2, 0.25) is 0 Å². The molecule has 3 rings (SSSR count). The minimum absolute atomic E-state index is 0.702.